The van der Waals surface area contributed by atoms with Crippen LogP contribution in [0.3, 0.4) is 0 Å². The Morgan fingerprint density at radius 1 is 1.06 bits per heavy atom. The molecular formula is C25H26N2O6S2. The first-order valence-electron chi connectivity index (χ1n) is 11.3. The molecule has 0 radical (unpaired) electrons. The molecule has 5 rings (SSSR count). The molecular weight excluding hydrogens is 488 g/mol. The van der Waals surface area contributed by atoms with E-state index in [4.69, 9.17) is 14.2 Å². The van der Waals surface area contributed by atoms with Gasteiger partial charge in [-0.1, -0.05) is 12.1 Å². The van der Waals surface area contributed by atoms with Crippen molar-refractivity contribution in [1.82, 2.24) is 9.21 Å². The van der Waals surface area contributed by atoms with E-state index in [1.165, 1.54) is 23.5 Å². The standard InChI is InChI=1S/C25H26N2O6S2/c1-31-20-7-9-22(10-8-20)35(29,30)27(19-5-6-19)16-25(28)26(15-21-3-2-12-34-21)14-18-4-11-23-24(13-18)33-17-32-23/h2-4,7-13,19H,5-6,14-17H2,1H3. The normalized spacial score (nSPS) is 14.8. The van der Waals surface area contributed by atoms with Gasteiger partial charge in [-0.3, -0.25) is 4.79 Å². The molecule has 0 unspecified atom stereocenters. The molecule has 0 atom stereocenters. The summed E-state index contributed by atoms with van der Waals surface area (Å²) in [6.45, 7) is 0.686. The van der Waals surface area contributed by atoms with Crippen molar-refractivity contribution in [3.8, 4) is 17.2 Å². The minimum atomic E-state index is -3.84. The number of ether oxygens (including phenoxy) is 3. The topological polar surface area (TPSA) is 85.4 Å². The van der Waals surface area contributed by atoms with Crippen molar-refractivity contribution in [2.45, 2.75) is 36.9 Å². The number of hydrogen-bond donors (Lipinski definition) is 0. The molecule has 0 spiro atoms. The molecule has 1 aliphatic heterocycles. The van der Waals surface area contributed by atoms with E-state index in [1.807, 2.05) is 35.7 Å². The summed E-state index contributed by atoms with van der Waals surface area (Å²) in [6, 6.07) is 15.6. The van der Waals surface area contributed by atoms with Gasteiger partial charge in [-0.05, 0) is 66.2 Å². The number of methoxy groups -OCH3 is 1. The first-order valence-corrected chi connectivity index (χ1v) is 13.6. The fourth-order valence-corrected chi connectivity index (χ4v) is 6.33. The van der Waals surface area contributed by atoms with Gasteiger partial charge in [0.2, 0.25) is 22.7 Å². The van der Waals surface area contributed by atoms with Gasteiger partial charge in [0.15, 0.2) is 11.5 Å². The van der Waals surface area contributed by atoms with Crippen LogP contribution in [0.25, 0.3) is 0 Å². The van der Waals surface area contributed by atoms with Crippen LogP contribution in [0.2, 0.25) is 0 Å². The summed E-state index contributed by atoms with van der Waals surface area (Å²) in [4.78, 5) is 16.4. The zero-order valence-electron chi connectivity index (χ0n) is 19.3. The molecule has 0 saturated heterocycles. The Labute approximate surface area is 208 Å². The van der Waals surface area contributed by atoms with Gasteiger partial charge in [-0.25, -0.2) is 8.42 Å². The molecule has 2 heterocycles. The van der Waals surface area contributed by atoms with E-state index < -0.39 is 10.0 Å². The molecule has 1 aromatic heterocycles. The molecule has 3 aromatic rings. The third-order valence-electron chi connectivity index (χ3n) is 6.00. The van der Waals surface area contributed by atoms with Crippen LogP contribution in [0.5, 0.6) is 17.2 Å². The number of carbonyl (C=O) groups excluding carboxylic acids is 1. The lowest BCUT2D eigenvalue weighted by molar-refractivity contribution is -0.132. The molecule has 0 bridgehead atoms. The van der Waals surface area contributed by atoms with E-state index in [9.17, 15) is 13.2 Å². The number of thiophene rings is 1. The van der Waals surface area contributed by atoms with Gasteiger partial charge in [0.05, 0.1) is 25.1 Å². The first-order chi connectivity index (χ1) is 16.9. The molecule has 1 saturated carbocycles. The Morgan fingerprint density at radius 3 is 2.51 bits per heavy atom. The number of fused-ring (bicyclic) bond motifs is 1. The molecule has 10 heteroatoms. The molecule has 2 aromatic carbocycles. The lowest BCUT2D eigenvalue weighted by Crippen LogP contribution is -2.43. The van der Waals surface area contributed by atoms with Crippen LogP contribution in [0.4, 0.5) is 0 Å². The van der Waals surface area contributed by atoms with Gasteiger partial charge in [-0.2, -0.15) is 4.31 Å². The third-order valence-corrected chi connectivity index (χ3v) is 8.77. The highest BCUT2D eigenvalue weighted by Gasteiger charge is 2.40. The van der Waals surface area contributed by atoms with Gasteiger partial charge in [-0.15, -0.1) is 11.3 Å². The summed E-state index contributed by atoms with van der Waals surface area (Å²) in [5.74, 6) is 1.65. The van der Waals surface area contributed by atoms with Crippen LogP contribution < -0.4 is 14.2 Å². The Balaban J connectivity index is 1.38. The number of nitrogens with zero attached hydrogens (tertiary/aromatic N) is 2. The summed E-state index contributed by atoms with van der Waals surface area (Å²) < 4.78 is 44.3. The van der Waals surface area contributed by atoms with E-state index in [-0.39, 0.29) is 30.2 Å². The van der Waals surface area contributed by atoms with Crippen molar-refractivity contribution in [2.24, 2.45) is 0 Å². The second-order valence-corrected chi connectivity index (χ2v) is 11.4. The number of hydrogen-bond acceptors (Lipinski definition) is 7. The highest BCUT2D eigenvalue weighted by molar-refractivity contribution is 7.89. The molecule has 8 nitrogen and oxygen atoms in total. The lowest BCUT2D eigenvalue weighted by Gasteiger charge is -2.27. The predicted octanol–water partition coefficient (Wildman–Crippen LogP) is 3.87. The van der Waals surface area contributed by atoms with Crippen LogP contribution in [0.15, 0.2) is 64.9 Å². The Hall–Kier alpha value is -3.08. The largest absolute Gasteiger partial charge is 0.497 e. The number of rotatable bonds is 10. The van der Waals surface area contributed by atoms with Crippen LogP contribution in [-0.2, 0) is 27.9 Å². The van der Waals surface area contributed by atoms with Gasteiger partial charge >= 0.3 is 0 Å². The van der Waals surface area contributed by atoms with Crippen LogP contribution in [0, 0.1) is 0 Å². The molecule has 184 valence electrons. The minimum absolute atomic E-state index is 0.151. The van der Waals surface area contributed by atoms with Crippen molar-refractivity contribution < 1.29 is 27.4 Å². The summed E-state index contributed by atoms with van der Waals surface area (Å²) in [5, 5.41) is 1.96. The molecule has 0 N–H and O–H groups in total. The summed E-state index contributed by atoms with van der Waals surface area (Å²) in [7, 11) is -2.31. The third kappa shape index (κ3) is 5.29. The van der Waals surface area contributed by atoms with Gasteiger partial charge in [0, 0.05) is 17.5 Å². The molecule has 2 aliphatic rings. The van der Waals surface area contributed by atoms with Crippen LogP contribution in [0.1, 0.15) is 23.3 Å². The van der Waals surface area contributed by atoms with Crippen LogP contribution >= 0.6 is 11.3 Å². The van der Waals surface area contributed by atoms with E-state index in [2.05, 4.69) is 0 Å². The molecule has 1 amide bonds. The fourth-order valence-electron chi connectivity index (χ4n) is 3.97. The summed E-state index contributed by atoms with van der Waals surface area (Å²) in [6.07, 6.45) is 1.49. The number of sulfonamides is 1. The van der Waals surface area contributed by atoms with Gasteiger partial charge in [0.25, 0.3) is 0 Å². The quantitative estimate of drug-likeness (QED) is 0.408. The first kappa shape index (κ1) is 23.7. The monoisotopic (exact) mass is 514 g/mol. The second-order valence-electron chi connectivity index (χ2n) is 8.47. The van der Waals surface area contributed by atoms with Crippen molar-refractivity contribution in [1.29, 1.82) is 0 Å². The maximum Gasteiger partial charge on any atom is 0.243 e. The molecule has 1 fully saturated rings. The fraction of sp³-hybridized carbons (Fsp3) is 0.320. The second kappa shape index (κ2) is 9.88. The maximum absolute atomic E-state index is 13.6. The Kier molecular flexibility index (Phi) is 6.68. The number of carbonyl (C=O) groups is 1. The highest BCUT2D eigenvalue weighted by atomic mass is 32.2. The Bertz CT molecular complexity index is 1290. The van der Waals surface area contributed by atoms with Gasteiger partial charge in [0.1, 0.15) is 5.75 Å². The lowest BCUT2D eigenvalue weighted by atomic mass is 10.2. The average Bonchev–Trinajstić information content (AvgIpc) is 3.35. The van der Waals surface area contributed by atoms with Crippen molar-refractivity contribution >= 4 is 27.3 Å². The zero-order chi connectivity index (χ0) is 24.4. The number of benzene rings is 2. The van der Waals surface area contributed by atoms with E-state index in [0.29, 0.717) is 30.3 Å². The number of amides is 1. The minimum Gasteiger partial charge on any atom is -0.497 e. The smallest absolute Gasteiger partial charge is 0.243 e. The average molecular weight is 515 g/mol. The van der Waals surface area contributed by atoms with E-state index in [0.717, 1.165) is 23.3 Å². The van der Waals surface area contributed by atoms with Crippen molar-refractivity contribution in [3.63, 3.8) is 0 Å². The van der Waals surface area contributed by atoms with Crippen molar-refractivity contribution in [3.05, 3.63) is 70.4 Å². The molecule has 1 aliphatic carbocycles. The SMILES string of the molecule is COc1ccc(S(=O)(=O)N(CC(=O)N(Cc2ccc3c(c2)OCO3)Cc2cccs2)C2CC2)cc1. The summed E-state index contributed by atoms with van der Waals surface area (Å²) >= 11 is 1.56. The van der Waals surface area contributed by atoms with Gasteiger partial charge < -0.3 is 19.1 Å². The maximum atomic E-state index is 13.6. The highest BCUT2D eigenvalue weighted by Crippen LogP contribution is 2.34. The van der Waals surface area contributed by atoms with E-state index in [1.54, 1.807) is 28.4 Å². The van der Waals surface area contributed by atoms with E-state index >= 15 is 0 Å². The van der Waals surface area contributed by atoms with Crippen LogP contribution in [-0.4, -0.2) is 50.0 Å². The Morgan fingerprint density at radius 2 is 1.83 bits per heavy atom. The summed E-state index contributed by atoms with van der Waals surface area (Å²) in [5.41, 5.74) is 0.884. The zero-order valence-corrected chi connectivity index (χ0v) is 20.9. The predicted molar refractivity (Wildman–Crippen MR) is 131 cm³/mol. The molecule has 35 heavy (non-hydrogen) atoms. The van der Waals surface area contributed by atoms with Crippen molar-refractivity contribution in [2.75, 3.05) is 20.4 Å².